The van der Waals surface area contributed by atoms with E-state index in [4.69, 9.17) is 0 Å². The zero-order valence-electron chi connectivity index (χ0n) is 15.5. The Morgan fingerprint density at radius 2 is 1.80 bits per heavy atom. The Labute approximate surface area is 150 Å². The van der Waals surface area contributed by atoms with Crippen LogP contribution in [0.15, 0.2) is 12.3 Å². The van der Waals surface area contributed by atoms with E-state index in [9.17, 15) is 4.79 Å². The van der Waals surface area contributed by atoms with E-state index in [0.717, 1.165) is 37.9 Å². The third kappa shape index (κ3) is 5.31. The minimum Gasteiger partial charge on any atom is -0.363 e. The highest BCUT2D eigenvalue weighted by atomic mass is 16.1. The lowest BCUT2D eigenvalue weighted by Gasteiger charge is -2.30. The minimum atomic E-state index is 0.255. The smallest absolute Gasteiger partial charge is 0.224 e. The topological polar surface area (TPSA) is 70.2 Å². The van der Waals surface area contributed by atoms with E-state index < -0.39 is 0 Å². The van der Waals surface area contributed by atoms with Crippen molar-refractivity contribution in [3.63, 3.8) is 0 Å². The summed E-state index contributed by atoms with van der Waals surface area (Å²) in [5.74, 6) is 2.48. The van der Waals surface area contributed by atoms with Crippen LogP contribution in [0, 0.1) is 5.92 Å². The van der Waals surface area contributed by atoms with E-state index in [2.05, 4.69) is 20.6 Å². The van der Waals surface area contributed by atoms with E-state index in [-0.39, 0.29) is 5.91 Å². The highest BCUT2D eigenvalue weighted by Crippen LogP contribution is 2.28. The Morgan fingerprint density at radius 3 is 2.48 bits per heavy atom. The van der Waals surface area contributed by atoms with Crippen molar-refractivity contribution in [2.24, 2.45) is 5.92 Å². The summed E-state index contributed by atoms with van der Waals surface area (Å²) in [5, 5.41) is 6.70. The van der Waals surface area contributed by atoms with Gasteiger partial charge < -0.3 is 15.5 Å². The first-order chi connectivity index (χ1) is 12.1. The molecule has 0 atom stereocenters. The second-order valence-corrected chi connectivity index (χ2v) is 7.75. The van der Waals surface area contributed by atoms with Gasteiger partial charge in [-0.15, -0.1) is 0 Å². The van der Waals surface area contributed by atoms with Crippen LogP contribution in [-0.4, -0.2) is 42.1 Å². The summed E-state index contributed by atoms with van der Waals surface area (Å²) < 4.78 is 0. The number of carbonyl (C=O) groups is 1. The van der Waals surface area contributed by atoms with Crippen molar-refractivity contribution in [2.45, 2.75) is 69.9 Å². The van der Waals surface area contributed by atoms with E-state index >= 15 is 0 Å². The number of hydrogen-bond donors (Lipinski definition) is 2. The number of carbonyl (C=O) groups excluding carboxylic acids is 1. The second kappa shape index (κ2) is 8.50. The summed E-state index contributed by atoms with van der Waals surface area (Å²) >= 11 is 0. The van der Waals surface area contributed by atoms with Crippen molar-refractivity contribution in [2.75, 3.05) is 24.3 Å². The predicted octanol–water partition coefficient (Wildman–Crippen LogP) is 2.96. The van der Waals surface area contributed by atoms with Crippen molar-refractivity contribution in [3.05, 3.63) is 12.3 Å². The second-order valence-electron chi connectivity index (χ2n) is 7.75. The van der Waals surface area contributed by atoms with Crippen molar-refractivity contribution in [1.29, 1.82) is 0 Å². The van der Waals surface area contributed by atoms with Crippen LogP contribution in [0.5, 0.6) is 0 Å². The van der Waals surface area contributed by atoms with E-state index in [1.54, 1.807) is 6.20 Å². The maximum Gasteiger partial charge on any atom is 0.224 e. The Hall–Kier alpha value is -1.85. The molecule has 2 aliphatic carbocycles. The Balaban J connectivity index is 1.41. The normalized spacial score (nSPS) is 24.1. The number of nitrogens with zero attached hydrogens (tertiary/aromatic N) is 3. The van der Waals surface area contributed by atoms with Gasteiger partial charge in [0, 0.05) is 38.8 Å². The average molecular weight is 345 g/mol. The molecule has 2 N–H and O–H groups in total. The molecule has 138 valence electrons. The molecule has 1 aromatic rings. The molecule has 2 fully saturated rings. The third-order valence-corrected chi connectivity index (χ3v) is 5.47. The van der Waals surface area contributed by atoms with E-state index in [1.165, 1.54) is 25.7 Å². The molecule has 1 amide bonds. The summed E-state index contributed by atoms with van der Waals surface area (Å²) in [6.07, 6.45) is 11.7. The molecule has 0 aromatic carbocycles. The lowest BCUT2D eigenvalue weighted by molar-refractivity contribution is -0.122. The van der Waals surface area contributed by atoms with E-state index in [0.29, 0.717) is 23.9 Å². The number of hydrogen-bond acceptors (Lipinski definition) is 5. The van der Waals surface area contributed by atoms with Gasteiger partial charge in [-0.05, 0) is 50.5 Å². The van der Waals surface area contributed by atoms with Crippen LogP contribution in [0.4, 0.5) is 11.8 Å². The van der Waals surface area contributed by atoms with Crippen LogP contribution in [0.25, 0.3) is 0 Å². The van der Waals surface area contributed by atoms with Crippen molar-refractivity contribution >= 4 is 17.7 Å². The molecule has 6 nitrogen and oxygen atoms in total. The summed E-state index contributed by atoms with van der Waals surface area (Å²) in [4.78, 5) is 23.0. The first-order valence-electron chi connectivity index (χ1n) is 9.66. The molecule has 0 radical (unpaired) electrons. The molecule has 3 rings (SSSR count). The first-order valence-corrected chi connectivity index (χ1v) is 9.66. The van der Waals surface area contributed by atoms with Gasteiger partial charge in [0.05, 0.1) is 0 Å². The molecule has 0 aliphatic heterocycles. The van der Waals surface area contributed by atoms with E-state index in [1.807, 2.05) is 25.1 Å². The quantitative estimate of drug-likeness (QED) is 0.829. The zero-order chi connectivity index (χ0) is 17.6. The van der Waals surface area contributed by atoms with Gasteiger partial charge in [0.25, 0.3) is 0 Å². The first kappa shape index (κ1) is 18.0. The van der Waals surface area contributed by atoms with Crippen LogP contribution < -0.4 is 15.5 Å². The van der Waals surface area contributed by atoms with Crippen molar-refractivity contribution < 1.29 is 4.79 Å². The van der Waals surface area contributed by atoms with Crippen LogP contribution >= 0.6 is 0 Å². The predicted molar refractivity (Wildman–Crippen MR) is 101 cm³/mol. The molecule has 2 saturated carbocycles. The van der Waals surface area contributed by atoms with Gasteiger partial charge in [-0.2, -0.15) is 4.98 Å². The molecule has 25 heavy (non-hydrogen) atoms. The molecule has 0 unspecified atom stereocenters. The molecule has 6 heteroatoms. The van der Waals surface area contributed by atoms with Gasteiger partial charge in [0.1, 0.15) is 5.82 Å². The molecule has 1 aromatic heterocycles. The Bertz CT molecular complexity index is 563. The van der Waals surface area contributed by atoms with Crippen LogP contribution in [0.2, 0.25) is 0 Å². The SMILES string of the molecule is CN(C)c1ccnc(NC2CCC(NC(=O)CC3CCCC3)CC2)n1. The van der Waals surface area contributed by atoms with Gasteiger partial charge in [-0.1, -0.05) is 12.8 Å². The fourth-order valence-corrected chi connectivity index (χ4v) is 4.00. The summed E-state index contributed by atoms with van der Waals surface area (Å²) in [7, 11) is 3.96. The highest BCUT2D eigenvalue weighted by molar-refractivity contribution is 5.76. The Kier molecular flexibility index (Phi) is 6.10. The number of amides is 1. The Morgan fingerprint density at radius 1 is 1.12 bits per heavy atom. The van der Waals surface area contributed by atoms with Gasteiger partial charge in [-0.3, -0.25) is 4.79 Å². The standard InChI is InChI=1S/C19H31N5O/c1-24(2)17-11-12-20-19(23-17)22-16-9-7-15(8-10-16)21-18(25)13-14-5-3-4-6-14/h11-12,14-16H,3-10,13H2,1-2H3,(H,21,25)(H,20,22,23). The van der Waals surface area contributed by atoms with Gasteiger partial charge in [0.15, 0.2) is 0 Å². The number of rotatable bonds is 6. The number of anilines is 2. The molecule has 0 spiro atoms. The summed E-state index contributed by atoms with van der Waals surface area (Å²) in [5.41, 5.74) is 0. The minimum absolute atomic E-state index is 0.255. The van der Waals surface area contributed by atoms with Crippen molar-refractivity contribution in [1.82, 2.24) is 15.3 Å². The third-order valence-electron chi connectivity index (χ3n) is 5.47. The maximum atomic E-state index is 12.2. The lowest BCUT2D eigenvalue weighted by atomic mass is 9.91. The average Bonchev–Trinajstić information content (AvgIpc) is 3.10. The van der Waals surface area contributed by atoms with Gasteiger partial charge in [0.2, 0.25) is 11.9 Å². The van der Waals surface area contributed by atoms with Crippen LogP contribution in [0.3, 0.4) is 0 Å². The molecule has 2 aliphatic rings. The molecular weight excluding hydrogens is 314 g/mol. The number of nitrogens with one attached hydrogen (secondary N) is 2. The maximum absolute atomic E-state index is 12.2. The van der Waals surface area contributed by atoms with Crippen molar-refractivity contribution in [3.8, 4) is 0 Å². The summed E-state index contributed by atoms with van der Waals surface area (Å²) in [6, 6.07) is 2.63. The molecular formula is C19H31N5O. The van der Waals surface area contributed by atoms with Gasteiger partial charge in [-0.25, -0.2) is 4.98 Å². The molecule has 0 saturated heterocycles. The zero-order valence-corrected chi connectivity index (χ0v) is 15.5. The lowest BCUT2D eigenvalue weighted by Crippen LogP contribution is -2.40. The fourth-order valence-electron chi connectivity index (χ4n) is 4.00. The highest BCUT2D eigenvalue weighted by Gasteiger charge is 2.24. The summed E-state index contributed by atoms with van der Waals surface area (Å²) in [6.45, 7) is 0. The van der Waals surface area contributed by atoms with Crippen LogP contribution in [0.1, 0.15) is 57.8 Å². The largest absolute Gasteiger partial charge is 0.363 e. The monoisotopic (exact) mass is 345 g/mol. The van der Waals surface area contributed by atoms with Crippen LogP contribution in [-0.2, 0) is 4.79 Å². The number of aromatic nitrogens is 2. The fraction of sp³-hybridized carbons (Fsp3) is 0.737. The molecule has 1 heterocycles. The molecule has 0 bridgehead atoms. The van der Waals surface area contributed by atoms with Gasteiger partial charge >= 0.3 is 0 Å².